The summed E-state index contributed by atoms with van der Waals surface area (Å²) in [5.41, 5.74) is 0.931. The number of esters is 1. The second-order valence-corrected chi connectivity index (χ2v) is 10.8. The van der Waals surface area contributed by atoms with Gasteiger partial charge in [0.2, 0.25) is 0 Å². The fourth-order valence-electron chi connectivity index (χ4n) is 2.36. The van der Waals surface area contributed by atoms with E-state index < -0.39 is 16.1 Å². The van der Waals surface area contributed by atoms with Crippen molar-refractivity contribution >= 4 is 83.9 Å². The Morgan fingerprint density at radius 1 is 1.08 bits per heavy atom. The topological polar surface area (TPSA) is 83.5 Å². The first kappa shape index (κ1) is 22.3. The molecule has 0 aliphatic rings. The Morgan fingerprint density at radius 3 is 2.08 bits per heavy atom. The molecule has 2 rings (SSSR count). The minimum Gasteiger partial charge on any atom is -0.744 e. The molecule has 0 amide bonds. The van der Waals surface area contributed by atoms with Gasteiger partial charge < -0.3 is 9.29 Å². The van der Waals surface area contributed by atoms with Gasteiger partial charge in [-0.2, -0.15) is 0 Å². The second kappa shape index (κ2) is 8.57. The third-order valence-electron chi connectivity index (χ3n) is 3.63. The molecule has 0 radical (unpaired) electrons. The molecule has 0 N–H and O–H groups in total. The van der Waals surface area contributed by atoms with Crippen LogP contribution in [0.25, 0.3) is 0 Å². The van der Waals surface area contributed by atoms with Crippen LogP contribution in [0.4, 0.5) is 0 Å². The van der Waals surface area contributed by atoms with Crippen molar-refractivity contribution in [2.24, 2.45) is 0 Å². The van der Waals surface area contributed by atoms with E-state index in [2.05, 4.69) is 67.8 Å². The first-order valence-electron chi connectivity index (χ1n) is 7.39. The number of aryl methyl sites for hydroxylation is 1. The largest absolute Gasteiger partial charge is 0.744 e. The molecule has 5 nitrogen and oxygen atoms in total. The van der Waals surface area contributed by atoms with Crippen molar-refractivity contribution in [2.75, 3.05) is 0 Å². The number of carbonyl (C=O) groups is 1. The predicted octanol–water partition coefficient (Wildman–Crippen LogP) is 5.06. The molecule has 9 heteroatoms. The van der Waals surface area contributed by atoms with Crippen LogP contribution in [0.5, 0.6) is 5.75 Å². The van der Waals surface area contributed by atoms with Gasteiger partial charge in [-0.3, -0.25) is 0 Å². The predicted molar refractivity (Wildman–Crippen MR) is 123 cm³/mol. The van der Waals surface area contributed by atoms with E-state index in [0.717, 1.165) is 10.7 Å². The Bertz CT molecular complexity index is 961. The van der Waals surface area contributed by atoms with Crippen LogP contribution in [-0.4, -0.2) is 18.9 Å². The highest BCUT2D eigenvalue weighted by molar-refractivity contribution is 14.1. The zero-order chi connectivity index (χ0) is 19.8. The molecule has 0 saturated heterocycles. The van der Waals surface area contributed by atoms with Gasteiger partial charge in [-0.25, -0.2) is 13.2 Å². The average molecular weight is 711 g/mol. The summed E-state index contributed by atoms with van der Waals surface area (Å²) in [4.78, 5) is 12.4. The SMILES string of the molecule is Cc1cc(S(=O)(=O)[O-])c(C(C)C)cc1C(=O)Oc1c(I)cc(I)cc1I. The Balaban J connectivity index is 2.52. The number of rotatable bonds is 4. The van der Waals surface area contributed by atoms with Crippen molar-refractivity contribution in [3.05, 3.63) is 51.7 Å². The van der Waals surface area contributed by atoms with Crippen molar-refractivity contribution in [1.29, 1.82) is 0 Å². The summed E-state index contributed by atoms with van der Waals surface area (Å²) in [6, 6.07) is 6.48. The van der Waals surface area contributed by atoms with E-state index in [4.69, 9.17) is 4.74 Å². The maximum absolute atomic E-state index is 12.7. The zero-order valence-electron chi connectivity index (χ0n) is 14.0. The number of carbonyl (C=O) groups excluding carboxylic acids is 1. The molecular weight excluding hydrogens is 697 g/mol. The highest BCUT2D eigenvalue weighted by Gasteiger charge is 2.21. The van der Waals surface area contributed by atoms with Gasteiger partial charge in [-0.15, -0.1) is 0 Å². The van der Waals surface area contributed by atoms with E-state index in [1.165, 1.54) is 12.1 Å². The molecule has 2 aromatic carbocycles. The second-order valence-electron chi connectivity index (χ2n) is 5.90. The molecule has 0 aromatic heterocycles. The molecule has 26 heavy (non-hydrogen) atoms. The van der Waals surface area contributed by atoms with Gasteiger partial charge in [0.15, 0.2) is 5.75 Å². The number of benzene rings is 2. The number of halogens is 3. The van der Waals surface area contributed by atoms with Crippen LogP contribution >= 0.6 is 67.8 Å². The fourth-order valence-corrected chi connectivity index (χ4v) is 7.07. The zero-order valence-corrected chi connectivity index (χ0v) is 21.3. The molecule has 0 fully saturated rings. The van der Waals surface area contributed by atoms with Gasteiger partial charge in [0.05, 0.1) is 17.6 Å². The monoisotopic (exact) mass is 711 g/mol. The lowest BCUT2D eigenvalue weighted by atomic mass is 9.97. The molecule has 0 spiro atoms. The standard InChI is InChI=1S/C17H15I3O5S/c1-8(2)11-7-12(9(3)4-15(11)26(22,23)24)17(21)25-16-13(19)5-10(18)6-14(16)20/h4-8H,1-3H3,(H,22,23,24)/p-1. The molecule has 0 aliphatic carbocycles. The lowest BCUT2D eigenvalue weighted by Crippen LogP contribution is -2.15. The minimum absolute atomic E-state index is 0.237. The van der Waals surface area contributed by atoms with Crippen LogP contribution in [0.15, 0.2) is 29.2 Å². The Morgan fingerprint density at radius 2 is 1.62 bits per heavy atom. The normalized spacial score (nSPS) is 11.7. The molecule has 2 aromatic rings. The highest BCUT2D eigenvalue weighted by Crippen LogP contribution is 2.32. The lowest BCUT2D eigenvalue weighted by Gasteiger charge is -2.19. The van der Waals surface area contributed by atoms with Gasteiger partial charge in [-0.1, -0.05) is 13.8 Å². The molecule has 0 unspecified atom stereocenters. The Hall–Kier alpha value is 0.0100. The smallest absolute Gasteiger partial charge is 0.343 e. The van der Waals surface area contributed by atoms with Gasteiger partial charge in [0.1, 0.15) is 10.1 Å². The Kier molecular flexibility index (Phi) is 7.35. The van der Waals surface area contributed by atoms with Crippen LogP contribution in [0.3, 0.4) is 0 Å². The Labute approximate surface area is 193 Å². The number of ether oxygens (including phenoxy) is 1. The highest BCUT2D eigenvalue weighted by atomic mass is 127. The summed E-state index contributed by atoms with van der Waals surface area (Å²) < 4.78 is 42.8. The maximum atomic E-state index is 12.7. The first-order chi connectivity index (χ1) is 11.9. The average Bonchev–Trinajstić information content (AvgIpc) is 2.49. The van der Waals surface area contributed by atoms with Crippen LogP contribution in [0.2, 0.25) is 0 Å². The quantitative estimate of drug-likeness (QED) is 0.192. The fraction of sp³-hybridized carbons (Fsp3) is 0.235. The summed E-state index contributed by atoms with van der Waals surface area (Å²) in [5.74, 6) is -0.363. The third kappa shape index (κ3) is 5.08. The molecular formula is C17H14I3O5S-. The maximum Gasteiger partial charge on any atom is 0.343 e. The van der Waals surface area contributed by atoms with Gasteiger partial charge >= 0.3 is 5.97 Å². The number of hydrogen-bond acceptors (Lipinski definition) is 5. The van der Waals surface area contributed by atoms with Crippen molar-refractivity contribution in [3.8, 4) is 5.75 Å². The van der Waals surface area contributed by atoms with E-state index in [0.29, 0.717) is 16.9 Å². The van der Waals surface area contributed by atoms with E-state index >= 15 is 0 Å². The summed E-state index contributed by atoms with van der Waals surface area (Å²) in [6.07, 6.45) is 0. The molecule has 0 atom stereocenters. The summed E-state index contributed by atoms with van der Waals surface area (Å²) in [5, 5.41) is 0. The summed E-state index contributed by atoms with van der Waals surface area (Å²) >= 11 is 6.38. The van der Waals surface area contributed by atoms with Crippen molar-refractivity contribution in [1.82, 2.24) is 0 Å². The summed E-state index contributed by atoms with van der Waals surface area (Å²) in [7, 11) is -4.63. The van der Waals surface area contributed by atoms with Gasteiger partial charge in [-0.05, 0) is 116 Å². The minimum atomic E-state index is -4.63. The van der Waals surface area contributed by atoms with Gasteiger partial charge in [0.25, 0.3) is 0 Å². The number of hydrogen-bond donors (Lipinski definition) is 0. The van der Waals surface area contributed by atoms with Crippen LogP contribution < -0.4 is 4.74 Å². The first-order valence-corrected chi connectivity index (χ1v) is 12.0. The van der Waals surface area contributed by atoms with Crippen molar-refractivity contribution in [2.45, 2.75) is 31.6 Å². The van der Waals surface area contributed by atoms with E-state index in [-0.39, 0.29) is 16.4 Å². The molecule has 0 bridgehead atoms. The molecule has 0 heterocycles. The van der Waals surface area contributed by atoms with Crippen LogP contribution in [-0.2, 0) is 10.1 Å². The van der Waals surface area contributed by atoms with Crippen LogP contribution in [0.1, 0.15) is 41.3 Å². The van der Waals surface area contributed by atoms with Crippen LogP contribution in [0, 0.1) is 17.6 Å². The van der Waals surface area contributed by atoms with Crippen molar-refractivity contribution < 1.29 is 22.5 Å². The molecule has 0 saturated carbocycles. The van der Waals surface area contributed by atoms with E-state index in [1.807, 2.05) is 12.1 Å². The molecule has 140 valence electrons. The lowest BCUT2D eigenvalue weighted by molar-refractivity contribution is 0.0731. The van der Waals surface area contributed by atoms with Crippen molar-refractivity contribution in [3.63, 3.8) is 0 Å². The van der Waals surface area contributed by atoms with Gasteiger partial charge in [0, 0.05) is 3.57 Å². The van der Waals surface area contributed by atoms with E-state index in [1.54, 1.807) is 20.8 Å². The third-order valence-corrected chi connectivity index (χ3v) is 6.74. The summed E-state index contributed by atoms with van der Waals surface area (Å²) in [6.45, 7) is 5.11. The molecule has 0 aliphatic heterocycles. The van der Waals surface area contributed by atoms with E-state index in [9.17, 15) is 17.8 Å².